The molecule has 1 aliphatic rings. The molecule has 2 rings (SSSR count). The van der Waals surface area contributed by atoms with E-state index in [9.17, 15) is 5.11 Å². The lowest BCUT2D eigenvalue weighted by Crippen LogP contribution is -2.16. The van der Waals surface area contributed by atoms with Crippen molar-refractivity contribution in [1.82, 2.24) is 0 Å². The lowest BCUT2D eigenvalue weighted by Gasteiger charge is -2.22. The molecular formula is C13H18O3. The van der Waals surface area contributed by atoms with E-state index < -0.39 is 0 Å². The van der Waals surface area contributed by atoms with E-state index in [1.54, 1.807) is 0 Å². The van der Waals surface area contributed by atoms with Crippen LogP contribution in [0.15, 0.2) is 12.1 Å². The molecule has 0 saturated carbocycles. The Kier molecular flexibility index (Phi) is 3.34. The second-order valence-electron chi connectivity index (χ2n) is 4.14. The van der Waals surface area contributed by atoms with E-state index in [4.69, 9.17) is 9.47 Å². The molecule has 1 heterocycles. The van der Waals surface area contributed by atoms with Gasteiger partial charge in [-0.25, -0.2) is 0 Å². The lowest BCUT2D eigenvalue weighted by atomic mass is 9.93. The van der Waals surface area contributed by atoms with Gasteiger partial charge in [0.2, 0.25) is 0 Å². The van der Waals surface area contributed by atoms with Crippen LogP contribution in [0.3, 0.4) is 0 Å². The molecule has 0 radical (unpaired) electrons. The Hall–Kier alpha value is -1.22. The highest BCUT2D eigenvalue weighted by molar-refractivity contribution is 5.48. The highest BCUT2D eigenvalue weighted by Gasteiger charge is 2.18. The largest absolute Gasteiger partial charge is 0.486 e. The maximum atomic E-state index is 9.34. The van der Waals surface area contributed by atoms with Crippen LogP contribution in [0.4, 0.5) is 0 Å². The van der Waals surface area contributed by atoms with Crippen molar-refractivity contribution in [3.05, 3.63) is 23.3 Å². The van der Waals surface area contributed by atoms with E-state index >= 15 is 0 Å². The van der Waals surface area contributed by atoms with Gasteiger partial charge in [0, 0.05) is 12.5 Å². The first-order valence-corrected chi connectivity index (χ1v) is 5.77. The standard InChI is InChI=1S/C13H18O3/c1-3-10(8-14)11-7-13-12(6-9(11)2)15-4-5-16-13/h6-7,10,14H,3-5,8H2,1-2H3. The zero-order valence-electron chi connectivity index (χ0n) is 9.82. The fourth-order valence-electron chi connectivity index (χ4n) is 2.09. The fraction of sp³-hybridized carbons (Fsp3) is 0.538. The minimum absolute atomic E-state index is 0.178. The maximum Gasteiger partial charge on any atom is 0.161 e. The summed E-state index contributed by atoms with van der Waals surface area (Å²) < 4.78 is 11.1. The summed E-state index contributed by atoms with van der Waals surface area (Å²) in [6, 6.07) is 4.01. The van der Waals surface area contributed by atoms with E-state index in [1.165, 1.54) is 0 Å². The summed E-state index contributed by atoms with van der Waals surface area (Å²) >= 11 is 0. The summed E-state index contributed by atoms with van der Waals surface area (Å²) in [6.07, 6.45) is 0.928. The molecular weight excluding hydrogens is 204 g/mol. The molecule has 0 saturated heterocycles. The molecule has 0 amide bonds. The van der Waals surface area contributed by atoms with E-state index in [0.29, 0.717) is 13.2 Å². The molecule has 1 aliphatic heterocycles. The second-order valence-corrected chi connectivity index (χ2v) is 4.14. The van der Waals surface area contributed by atoms with Crippen LogP contribution >= 0.6 is 0 Å². The molecule has 1 aromatic carbocycles. The first-order valence-electron chi connectivity index (χ1n) is 5.77. The van der Waals surface area contributed by atoms with Gasteiger partial charge in [-0.2, -0.15) is 0 Å². The highest BCUT2D eigenvalue weighted by atomic mass is 16.6. The van der Waals surface area contributed by atoms with Gasteiger partial charge in [0.05, 0.1) is 0 Å². The highest BCUT2D eigenvalue weighted by Crippen LogP contribution is 2.36. The summed E-state index contributed by atoms with van der Waals surface area (Å²) in [4.78, 5) is 0. The topological polar surface area (TPSA) is 38.7 Å². The Morgan fingerprint density at radius 1 is 1.25 bits per heavy atom. The van der Waals surface area contributed by atoms with Crippen LogP contribution in [-0.4, -0.2) is 24.9 Å². The van der Waals surface area contributed by atoms with Crippen LogP contribution < -0.4 is 9.47 Å². The van der Waals surface area contributed by atoms with Gasteiger partial charge in [0.1, 0.15) is 13.2 Å². The Bertz CT molecular complexity index is 370. The Balaban J connectivity index is 2.38. The first-order chi connectivity index (χ1) is 7.76. The number of aryl methyl sites for hydroxylation is 1. The zero-order valence-corrected chi connectivity index (χ0v) is 9.82. The molecule has 1 aromatic rings. The zero-order chi connectivity index (χ0) is 11.5. The van der Waals surface area contributed by atoms with Crippen molar-refractivity contribution >= 4 is 0 Å². The number of rotatable bonds is 3. The summed E-state index contributed by atoms with van der Waals surface area (Å²) in [5.74, 6) is 1.81. The van der Waals surface area contributed by atoms with Gasteiger partial charge in [-0.3, -0.25) is 0 Å². The Morgan fingerprint density at radius 3 is 2.44 bits per heavy atom. The average molecular weight is 222 g/mol. The normalized spacial score (nSPS) is 15.9. The summed E-state index contributed by atoms with van der Waals surface area (Å²) in [7, 11) is 0. The Morgan fingerprint density at radius 2 is 1.88 bits per heavy atom. The van der Waals surface area contributed by atoms with Gasteiger partial charge in [0.15, 0.2) is 11.5 Å². The van der Waals surface area contributed by atoms with Gasteiger partial charge < -0.3 is 14.6 Å². The SMILES string of the molecule is CCC(CO)c1cc2c(cc1C)OCCO2. The number of hydrogen-bond donors (Lipinski definition) is 1. The molecule has 0 aliphatic carbocycles. The predicted molar refractivity (Wildman–Crippen MR) is 62.3 cm³/mol. The smallest absolute Gasteiger partial charge is 0.161 e. The van der Waals surface area contributed by atoms with Crippen LogP contribution in [0, 0.1) is 6.92 Å². The number of hydrogen-bond acceptors (Lipinski definition) is 3. The van der Waals surface area contributed by atoms with Crippen LogP contribution in [0.2, 0.25) is 0 Å². The van der Waals surface area contributed by atoms with Crippen LogP contribution in [0.25, 0.3) is 0 Å². The molecule has 3 heteroatoms. The molecule has 0 aromatic heterocycles. The number of aliphatic hydroxyl groups excluding tert-OH is 1. The van der Waals surface area contributed by atoms with E-state index in [0.717, 1.165) is 29.0 Å². The van der Waals surface area contributed by atoms with Crippen molar-refractivity contribution < 1.29 is 14.6 Å². The van der Waals surface area contributed by atoms with E-state index in [-0.39, 0.29) is 12.5 Å². The third-order valence-electron chi connectivity index (χ3n) is 3.08. The van der Waals surface area contributed by atoms with Crippen molar-refractivity contribution in [2.75, 3.05) is 19.8 Å². The predicted octanol–water partition coefficient (Wildman–Crippen LogP) is 2.25. The Labute approximate surface area is 96.0 Å². The number of aliphatic hydroxyl groups is 1. The minimum atomic E-state index is 0.178. The minimum Gasteiger partial charge on any atom is -0.486 e. The van der Waals surface area contributed by atoms with Gasteiger partial charge >= 0.3 is 0 Å². The van der Waals surface area contributed by atoms with Crippen molar-refractivity contribution in [3.63, 3.8) is 0 Å². The molecule has 1 atom stereocenters. The third-order valence-corrected chi connectivity index (χ3v) is 3.08. The second kappa shape index (κ2) is 4.74. The monoisotopic (exact) mass is 222 g/mol. The summed E-state index contributed by atoms with van der Waals surface area (Å²) in [5.41, 5.74) is 2.32. The lowest BCUT2D eigenvalue weighted by molar-refractivity contribution is 0.171. The number of benzene rings is 1. The van der Waals surface area contributed by atoms with Crippen molar-refractivity contribution in [3.8, 4) is 11.5 Å². The van der Waals surface area contributed by atoms with E-state index in [1.807, 2.05) is 19.1 Å². The quantitative estimate of drug-likeness (QED) is 0.852. The number of ether oxygens (including phenoxy) is 2. The fourth-order valence-corrected chi connectivity index (χ4v) is 2.09. The molecule has 0 bridgehead atoms. The van der Waals surface area contributed by atoms with Crippen molar-refractivity contribution in [2.24, 2.45) is 0 Å². The molecule has 0 fully saturated rings. The molecule has 16 heavy (non-hydrogen) atoms. The van der Waals surface area contributed by atoms with Gasteiger partial charge in [0.25, 0.3) is 0 Å². The molecule has 1 N–H and O–H groups in total. The molecule has 88 valence electrons. The average Bonchev–Trinajstić information content (AvgIpc) is 2.31. The molecule has 3 nitrogen and oxygen atoms in total. The molecule has 0 spiro atoms. The summed E-state index contributed by atoms with van der Waals surface area (Å²) in [5, 5.41) is 9.34. The maximum absolute atomic E-state index is 9.34. The molecule has 1 unspecified atom stereocenters. The third kappa shape index (κ3) is 2.00. The van der Waals surface area contributed by atoms with Gasteiger partial charge in [-0.15, -0.1) is 0 Å². The number of fused-ring (bicyclic) bond motifs is 1. The van der Waals surface area contributed by atoms with Gasteiger partial charge in [-0.05, 0) is 36.6 Å². The van der Waals surface area contributed by atoms with Crippen molar-refractivity contribution in [2.45, 2.75) is 26.2 Å². The first kappa shape index (κ1) is 11.3. The van der Waals surface area contributed by atoms with Crippen molar-refractivity contribution in [1.29, 1.82) is 0 Å². The van der Waals surface area contributed by atoms with Gasteiger partial charge in [-0.1, -0.05) is 6.92 Å². The van der Waals surface area contributed by atoms with Crippen LogP contribution in [-0.2, 0) is 0 Å². The summed E-state index contributed by atoms with van der Waals surface area (Å²) in [6.45, 7) is 5.52. The van der Waals surface area contributed by atoms with Crippen LogP contribution in [0.1, 0.15) is 30.4 Å². The van der Waals surface area contributed by atoms with Crippen LogP contribution in [0.5, 0.6) is 11.5 Å². The van der Waals surface area contributed by atoms with E-state index in [2.05, 4.69) is 6.92 Å².